The summed E-state index contributed by atoms with van der Waals surface area (Å²) in [6.45, 7) is 4.85. The van der Waals surface area contributed by atoms with Gasteiger partial charge in [-0.2, -0.15) is 0 Å². The van der Waals surface area contributed by atoms with E-state index in [9.17, 15) is 4.79 Å². The molecule has 0 atom stereocenters. The van der Waals surface area contributed by atoms with E-state index in [1.165, 1.54) is 11.8 Å². The van der Waals surface area contributed by atoms with Crippen molar-refractivity contribution in [2.24, 2.45) is 0 Å². The lowest BCUT2D eigenvalue weighted by Crippen LogP contribution is -2.28. The molecule has 0 aliphatic carbocycles. The van der Waals surface area contributed by atoms with Gasteiger partial charge in [-0.25, -0.2) is 0 Å². The molecule has 0 radical (unpaired) electrons. The van der Waals surface area contributed by atoms with E-state index in [0.717, 1.165) is 39.2 Å². The Bertz CT molecular complexity index is 987. The van der Waals surface area contributed by atoms with Gasteiger partial charge in [-0.05, 0) is 43.7 Å². The fraction of sp³-hybridized carbons (Fsp3) is 0.200. The van der Waals surface area contributed by atoms with Crippen molar-refractivity contribution in [3.63, 3.8) is 0 Å². The monoisotopic (exact) mass is 414 g/mol. The van der Waals surface area contributed by atoms with Gasteiger partial charge in [-0.3, -0.25) is 9.69 Å². The van der Waals surface area contributed by atoms with Crippen molar-refractivity contribution in [2.45, 2.75) is 18.7 Å². The summed E-state index contributed by atoms with van der Waals surface area (Å²) in [4.78, 5) is 18.8. The number of methoxy groups -OCH3 is 1. The lowest BCUT2D eigenvalue weighted by Gasteiger charge is -2.19. The van der Waals surface area contributed by atoms with Crippen molar-refractivity contribution in [1.82, 2.24) is 0 Å². The highest BCUT2D eigenvalue weighted by molar-refractivity contribution is 8.27. The second kappa shape index (κ2) is 7.22. The summed E-state index contributed by atoms with van der Waals surface area (Å²) in [7, 11) is 1.66. The lowest BCUT2D eigenvalue weighted by atomic mass is 10.2. The molecule has 0 unspecified atom stereocenters. The minimum Gasteiger partial charge on any atom is -0.497 e. The van der Waals surface area contributed by atoms with Crippen LogP contribution >= 0.6 is 35.7 Å². The van der Waals surface area contributed by atoms with E-state index in [1.54, 1.807) is 23.8 Å². The summed E-state index contributed by atoms with van der Waals surface area (Å²) < 4.78 is 5.93. The zero-order valence-electron chi connectivity index (χ0n) is 15.2. The van der Waals surface area contributed by atoms with E-state index in [-0.39, 0.29) is 5.91 Å². The number of ether oxygens (including phenoxy) is 1. The number of benzene rings is 2. The predicted molar refractivity (Wildman–Crippen MR) is 118 cm³/mol. The summed E-state index contributed by atoms with van der Waals surface area (Å²) in [6, 6.07) is 13.9. The molecule has 1 amide bonds. The number of hydrogen-bond acceptors (Lipinski definition) is 6. The molecule has 0 spiro atoms. The quantitative estimate of drug-likeness (QED) is 0.509. The zero-order valence-corrected chi connectivity index (χ0v) is 17.6. The van der Waals surface area contributed by atoms with E-state index >= 15 is 0 Å². The number of aryl methyl sites for hydroxylation is 1. The van der Waals surface area contributed by atoms with Crippen LogP contribution in [0.4, 0.5) is 11.4 Å². The number of rotatable bonds is 3. The Hall–Kier alpha value is -1.96. The van der Waals surface area contributed by atoms with Crippen LogP contribution in [0, 0.1) is 6.92 Å². The highest BCUT2D eigenvalue weighted by atomic mass is 32.2. The molecule has 27 heavy (non-hydrogen) atoms. The highest BCUT2D eigenvalue weighted by Gasteiger charge is 2.39. The van der Waals surface area contributed by atoms with Gasteiger partial charge >= 0.3 is 0 Å². The van der Waals surface area contributed by atoms with E-state index in [1.807, 2.05) is 49.4 Å². The van der Waals surface area contributed by atoms with Gasteiger partial charge in [0.15, 0.2) is 4.32 Å². The molecule has 2 aromatic carbocycles. The van der Waals surface area contributed by atoms with Gasteiger partial charge in [0.05, 0.1) is 18.5 Å². The Labute approximate surface area is 172 Å². The first-order valence-corrected chi connectivity index (χ1v) is 10.6. The molecule has 2 aliphatic rings. The second-order valence-electron chi connectivity index (χ2n) is 6.16. The van der Waals surface area contributed by atoms with Gasteiger partial charge in [0.25, 0.3) is 5.91 Å². The molecule has 7 heteroatoms. The predicted octanol–water partition coefficient (Wildman–Crippen LogP) is 5.17. The van der Waals surface area contributed by atoms with E-state index in [0.29, 0.717) is 9.23 Å². The van der Waals surface area contributed by atoms with Crippen LogP contribution in [-0.2, 0) is 4.79 Å². The van der Waals surface area contributed by atoms with Gasteiger partial charge in [0, 0.05) is 17.5 Å². The van der Waals surface area contributed by atoms with Crippen molar-refractivity contribution in [1.29, 1.82) is 0 Å². The molecular formula is C20H18N2O2S3. The Kier molecular flexibility index (Phi) is 4.92. The third kappa shape index (κ3) is 3.13. The molecular weight excluding hydrogens is 396 g/mol. The molecule has 2 aromatic rings. The SMILES string of the molecule is CCN1C(=C2SC(=S)N(c3cccc(C)c3)C2=O)Sc2ccc(OC)cc21. The van der Waals surface area contributed by atoms with Gasteiger partial charge in [0.1, 0.15) is 15.7 Å². The fourth-order valence-electron chi connectivity index (χ4n) is 3.16. The average molecular weight is 415 g/mol. The number of carbonyl (C=O) groups excluding carboxylic acids is 1. The third-order valence-electron chi connectivity index (χ3n) is 4.45. The lowest BCUT2D eigenvalue weighted by molar-refractivity contribution is -0.113. The van der Waals surface area contributed by atoms with Crippen molar-refractivity contribution in [3.05, 3.63) is 58.0 Å². The minimum absolute atomic E-state index is 0.0590. The molecule has 0 bridgehead atoms. The number of amides is 1. The normalized spacial score (nSPS) is 19.1. The molecule has 2 heterocycles. The first-order chi connectivity index (χ1) is 13.0. The molecule has 0 N–H and O–H groups in total. The number of nitrogens with zero attached hydrogens (tertiary/aromatic N) is 2. The largest absolute Gasteiger partial charge is 0.497 e. The number of thiocarbonyl (C=S) groups is 1. The van der Waals surface area contributed by atoms with E-state index in [4.69, 9.17) is 17.0 Å². The Morgan fingerprint density at radius 3 is 2.67 bits per heavy atom. The van der Waals surface area contributed by atoms with Crippen LogP contribution in [0.2, 0.25) is 0 Å². The molecule has 1 fully saturated rings. The molecule has 0 aromatic heterocycles. The fourth-order valence-corrected chi connectivity index (χ4v) is 5.81. The molecule has 0 saturated carbocycles. The second-order valence-corrected chi connectivity index (χ2v) is 8.84. The van der Waals surface area contributed by atoms with Gasteiger partial charge in [0.2, 0.25) is 0 Å². The first-order valence-electron chi connectivity index (χ1n) is 8.54. The zero-order chi connectivity index (χ0) is 19.1. The van der Waals surface area contributed by atoms with E-state index < -0.39 is 0 Å². The molecule has 4 rings (SSSR count). The maximum Gasteiger partial charge on any atom is 0.273 e. The maximum absolute atomic E-state index is 13.2. The van der Waals surface area contributed by atoms with Crippen molar-refractivity contribution in [3.8, 4) is 5.75 Å². The highest BCUT2D eigenvalue weighted by Crippen LogP contribution is 2.51. The number of hydrogen-bond donors (Lipinski definition) is 0. The topological polar surface area (TPSA) is 32.8 Å². The maximum atomic E-state index is 13.2. The Morgan fingerprint density at radius 2 is 1.96 bits per heavy atom. The number of fused-ring (bicyclic) bond motifs is 1. The number of thioether (sulfide) groups is 2. The van der Waals surface area contributed by atoms with Crippen LogP contribution in [0.3, 0.4) is 0 Å². The summed E-state index contributed by atoms with van der Waals surface area (Å²) in [6.07, 6.45) is 0. The number of anilines is 2. The van der Waals surface area contributed by atoms with Gasteiger partial charge in [-0.1, -0.05) is 47.9 Å². The van der Waals surface area contributed by atoms with Crippen molar-refractivity contribution in [2.75, 3.05) is 23.5 Å². The summed E-state index contributed by atoms with van der Waals surface area (Å²) in [5, 5.41) is 0.938. The van der Waals surface area contributed by atoms with E-state index in [2.05, 4.69) is 11.8 Å². The smallest absolute Gasteiger partial charge is 0.273 e. The minimum atomic E-state index is -0.0590. The van der Waals surface area contributed by atoms with Crippen LogP contribution in [-0.4, -0.2) is 23.9 Å². The average Bonchev–Trinajstić information content (AvgIpc) is 3.17. The third-order valence-corrected chi connectivity index (χ3v) is 7.12. The van der Waals surface area contributed by atoms with Crippen LogP contribution in [0.25, 0.3) is 0 Å². The Balaban J connectivity index is 1.75. The number of carbonyl (C=O) groups is 1. The summed E-state index contributed by atoms with van der Waals surface area (Å²) >= 11 is 8.53. The van der Waals surface area contributed by atoms with Crippen LogP contribution in [0.5, 0.6) is 5.75 Å². The van der Waals surface area contributed by atoms with Gasteiger partial charge < -0.3 is 9.64 Å². The summed E-state index contributed by atoms with van der Waals surface area (Å²) in [5.74, 6) is 0.748. The van der Waals surface area contributed by atoms with Crippen LogP contribution in [0.15, 0.2) is 57.3 Å². The molecule has 1 saturated heterocycles. The molecule has 4 nitrogen and oxygen atoms in total. The Morgan fingerprint density at radius 1 is 1.15 bits per heavy atom. The van der Waals surface area contributed by atoms with Crippen molar-refractivity contribution < 1.29 is 9.53 Å². The first kappa shape index (κ1) is 18.4. The van der Waals surface area contributed by atoms with Crippen LogP contribution in [0.1, 0.15) is 12.5 Å². The molecule has 2 aliphatic heterocycles. The summed E-state index contributed by atoms with van der Waals surface area (Å²) in [5.41, 5.74) is 2.98. The van der Waals surface area contributed by atoms with Crippen molar-refractivity contribution >= 4 is 57.3 Å². The van der Waals surface area contributed by atoms with Crippen LogP contribution < -0.4 is 14.5 Å². The molecule has 138 valence electrons. The standard InChI is InChI=1S/C20H18N2O2S3/c1-4-21-15-11-14(24-3)8-9-16(15)26-19(21)17-18(23)22(20(25)27-17)13-7-5-6-12(2)10-13/h5-11H,4H2,1-3H3. The van der Waals surface area contributed by atoms with Gasteiger partial charge in [-0.15, -0.1) is 0 Å².